The minimum Gasteiger partial charge on any atom is -0.486 e. The van der Waals surface area contributed by atoms with Crippen molar-refractivity contribution in [2.24, 2.45) is 0 Å². The Kier molecular flexibility index (Phi) is 7.95. The zero-order chi connectivity index (χ0) is 13.5. The van der Waals surface area contributed by atoms with Crippen molar-refractivity contribution in [2.75, 3.05) is 13.6 Å². The van der Waals surface area contributed by atoms with Crippen molar-refractivity contribution in [3.05, 3.63) is 63.7 Å². The van der Waals surface area contributed by atoms with Gasteiger partial charge in [0, 0.05) is 9.99 Å². The van der Waals surface area contributed by atoms with Crippen LogP contribution in [-0.4, -0.2) is 13.6 Å². The first-order chi connectivity index (χ1) is 9.29. The Hall–Kier alpha value is -0.780. The van der Waals surface area contributed by atoms with E-state index in [1.165, 1.54) is 9.13 Å². The van der Waals surface area contributed by atoms with Crippen LogP contribution in [0.15, 0.2) is 54.6 Å². The van der Waals surface area contributed by atoms with Crippen LogP contribution < -0.4 is 10.1 Å². The molecule has 0 amide bonds. The van der Waals surface area contributed by atoms with Gasteiger partial charge in [-0.1, -0.05) is 36.4 Å². The monoisotopic (exact) mass is 403 g/mol. The minimum atomic E-state index is 0. The average Bonchev–Trinajstić information content (AvgIpc) is 2.44. The smallest absolute Gasteiger partial charge is 0.125 e. The van der Waals surface area contributed by atoms with Crippen LogP contribution >= 0.6 is 35.0 Å². The van der Waals surface area contributed by atoms with E-state index in [4.69, 9.17) is 4.74 Å². The normalized spacial score (nSPS) is 11.5. The fraction of sp³-hybridized carbons (Fsp3) is 0.250. The van der Waals surface area contributed by atoms with Gasteiger partial charge in [0.15, 0.2) is 0 Å². The van der Waals surface area contributed by atoms with Gasteiger partial charge in [0.1, 0.15) is 11.9 Å². The molecule has 0 saturated heterocycles. The summed E-state index contributed by atoms with van der Waals surface area (Å²) in [6.45, 7) is 0.934. The van der Waals surface area contributed by atoms with E-state index in [1.807, 2.05) is 25.2 Å². The summed E-state index contributed by atoms with van der Waals surface area (Å²) in [6, 6.07) is 18.6. The molecule has 0 saturated carbocycles. The third-order valence-electron chi connectivity index (χ3n) is 2.90. The Morgan fingerprint density at radius 3 is 2.50 bits per heavy atom. The highest BCUT2D eigenvalue weighted by Gasteiger charge is 2.12. The molecule has 0 radical (unpaired) electrons. The Bertz CT molecular complexity index is 507. The van der Waals surface area contributed by atoms with E-state index in [-0.39, 0.29) is 18.5 Å². The first-order valence-electron chi connectivity index (χ1n) is 6.41. The van der Waals surface area contributed by atoms with Crippen molar-refractivity contribution in [3.8, 4) is 5.75 Å². The van der Waals surface area contributed by atoms with Gasteiger partial charge in [-0.15, -0.1) is 12.4 Å². The van der Waals surface area contributed by atoms with E-state index >= 15 is 0 Å². The fourth-order valence-electron chi connectivity index (χ4n) is 1.94. The second-order valence-corrected chi connectivity index (χ2v) is 5.61. The molecule has 2 rings (SSSR count). The summed E-state index contributed by atoms with van der Waals surface area (Å²) in [5.41, 5.74) is 1.22. The van der Waals surface area contributed by atoms with Gasteiger partial charge in [0.05, 0.1) is 0 Å². The van der Waals surface area contributed by atoms with E-state index < -0.39 is 0 Å². The molecule has 0 bridgehead atoms. The molecule has 0 unspecified atom stereocenters. The highest BCUT2D eigenvalue weighted by Crippen LogP contribution is 2.25. The number of hydrogen-bond acceptors (Lipinski definition) is 2. The van der Waals surface area contributed by atoms with Crippen LogP contribution in [0.5, 0.6) is 5.75 Å². The molecule has 1 atom stereocenters. The summed E-state index contributed by atoms with van der Waals surface area (Å²) in [5.74, 6) is 0.928. The van der Waals surface area contributed by atoms with Crippen molar-refractivity contribution in [3.63, 3.8) is 0 Å². The van der Waals surface area contributed by atoms with Crippen molar-refractivity contribution >= 4 is 35.0 Å². The van der Waals surface area contributed by atoms with Crippen LogP contribution in [0.3, 0.4) is 0 Å². The Morgan fingerprint density at radius 1 is 1.10 bits per heavy atom. The van der Waals surface area contributed by atoms with Gasteiger partial charge >= 0.3 is 0 Å². The quantitative estimate of drug-likeness (QED) is 0.720. The molecule has 2 nitrogen and oxygen atoms in total. The number of rotatable bonds is 6. The zero-order valence-corrected chi connectivity index (χ0v) is 14.4. The van der Waals surface area contributed by atoms with E-state index in [0.717, 1.165) is 18.7 Å². The Balaban J connectivity index is 0.00000200. The molecule has 0 aliphatic rings. The van der Waals surface area contributed by atoms with E-state index in [2.05, 4.69) is 64.3 Å². The Labute approximate surface area is 140 Å². The van der Waals surface area contributed by atoms with Crippen LogP contribution in [-0.2, 0) is 0 Å². The predicted octanol–water partition coefficient (Wildman–Crippen LogP) is 4.44. The van der Waals surface area contributed by atoms with Crippen LogP contribution in [0.4, 0.5) is 0 Å². The first-order valence-corrected chi connectivity index (χ1v) is 7.49. The van der Waals surface area contributed by atoms with E-state index in [9.17, 15) is 0 Å². The molecular formula is C16H19ClINO. The summed E-state index contributed by atoms with van der Waals surface area (Å²) in [5, 5.41) is 3.18. The van der Waals surface area contributed by atoms with E-state index in [0.29, 0.717) is 0 Å². The molecular weight excluding hydrogens is 385 g/mol. The lowest BCUT2D eigenvalue weighted by atomic mass is 10.1. The molecule has 0 heterocycles. The van der Waals surface area contributed by atoms with Crippen LogP contribution in [0.25, 0.3) is 0 Å². The number of benzene rings is 2. The van der Waals surface area contributed by atoms with Gasteiger partial charge in [0.2, 0.25) is 0 Å². The first kappa shape index (κ1) is 17.3. The van der Waals surface area contributed by atoms with Crippen LogP contribution in [0, 0.1) is 3.57 Å². The van der Waals surface area contributed by atoms with Crippen molar-refractivity contribution in [1.29, 1.82) is 0 Å². The van der Waals surface area contributed by atoms with Crippen molar-refractivity contribution in [1.82, 2.24) is 5.32 Å². The molecule has 0 fully saturated rings. The molecule has 2 aromatic carbocycles. The third-order valence-corrected chi connectivity index (χ3v) is 3.57. The molecule has 0 spiro atoms. The standard InChI is InChI=1S/C16H18INO.ClH/c1-18-11-10-16(13-6-3-2-4-7-13)19-15-9-5-8-14(17)12-15;/h2-9,12,16,18H,10-11H2,1H3;1H/t16-;/m0./s1. The molecule has 20 heavy (non-hydrogen) atoms. The van der Waals surface area contributed by atoms with Gasteiger partial charge in [0.25, 0.3) is 0 Å². The highest BCUT2D eigenvalue weighted by atomic mass is 127. The van der Waals surface area contributed by atoms with Gasteiger partial charge in [-0.2, -0.15) is 0 Å². The number of ether oxygens (including phenoxy) is 1. The number of nitrogens with one attached hydrogen (secondary N) is 1. The summed E-state index contributed by atoms with van der Waals surface area (Å²) >= 11 is 2.30. The molecule has 0 aliphatic heterocycles. The van der Waals surface area contributed by atoms with Gasteiger partial charge < -0.3 is 10.1 Å². The summed E-state index contributed by atoms with van der Waals surface area (Å²) < 4.78 is 7.33. The van der Waals surface area contributed by atoms with Crippen LogP contribution in [0.2, 0.25) is 0 Å². The highest BCUT2D eigenvalue weighted by molar-refractivity contribution is 14.1. The fourth-order valence-corrected chi connectivity index (χ4v) is 2.46. The van der Waals surface area contributed by atoms with Gasteiger partial charge in [-0.3, -0.25) is 0 Å². The molecule has 4 heteroatoms. The molecule has 108 valence electrons. The van der Waals surface area contributed by atoms with Crippen molar-refractivity contribution in [2.45, 2.75) is 12.5 Å². The van der Waals surface area contributed by atoms with E-state index in [1.54, 1.807) is 0 Å². The maximum atomic E-state index is 6.14. The number of hydrogen-bond donors (Lipinski definition) is 1. The zero-order valence-electron chi connectivity index (χ0n) is 11.4. The second-order valence-electron chi connectivity index (χ2n) is 4.37. The van der Waals surface area contributed by atoms with Crippen molar-refractivity contribution < 1.29 is 4.74 Å². The lowest BCUT2D eigenvalue weighted by Gasteiger charge is -2.19. The molecule has 0 aromatic heterocycles. The van der Waals surface area contributed by atoms with Crippen LogP contribution in [0.1, 0.15) is 18.1 Å². The summed E-state index contributed by atoms with van der Waals surface area (Å²) in [4.78, 5) is 0. The summed E-state index contributed by atoms with van der Waals surface area (Å²) in [6.07, 6.45) is 1.04. The van der Waals surface area contributed by atoms with Gasteiger partial charge in [-0.05, 0) is 59.9 Å². The number of halogens is 2. The minimum absolute atomic E-state index is 0. The maximum absolute atomic E-state index is 6.14. The van der Waals surface area contributed by atoms with Gasteiger partial charge in [-0.25, -0.2) is 0 Å². The average molecular weight is 404 g/mol. The lowest BCUT2D eigenvalue weighted by molar-refractivity contribution is 0.195. The predicted molar refractivity (Wildman–Crippen MR) is 94.8 cm³/mol. The SMILES string of the molecule is CNCC[C@H](Oc1cccc(I)c1)c1ccccc1.Cl. The molecule has 1 N–H and O–H groups in total. The third kappa shape index (κ3) is 5.31. The maximum Gasteiger partial charge on any atom is 0.125 e. The molecule has 0 aliphatic carbocycles. The largest absolute Gasteiger partial charge is 0.486 e. The second kappa shape index (κ2) is 9.21. The Morgan fingerprint density at radius 2 is 1.85 bits per heavy atom. The lowest BCUT2D eigenvalue weighted by Crippen LogP contribution is -2.16. The summed E-state index contributed by atoms with van der Waals surface area (Å²) in [7, 11) is 1.97. The topological polar surface area (TPSA) is 21.3 Å². The molecule has 2 aromatic rings.